The van der Waals surface area contributed by atoms with E-state index < -0.39 is 0 Å². The number of carbonyl (C=O) groups is 2. The maximum absolute atomic E-state index is 12.0. The van der Waals surface area contributed by atoms with Crippen LogP contribution >= 0.6 is 27.5 Å². The number of benzene rings is 4. The number of alkyl halides is 1. The number of nitrogen functional groups attached to an aromatic ring is 1. The Labute approximate surface area is 552 Å². The van der Waals surface area contributed by atoms with Crippen LogP contribution in [0.5, 0.6) is 0 Å². The normalized spacial score (nSPS) is 9.53. The monoisotopic (exact) mass is 1310 g/mol. The van der Waals surface area contributed by atoms with E-state index in [9.17, 15) is 28.8 Å². The maximum atomic E-state index is 12.0. The van der Waals surface area contributed by atoms with E-state index >= 15 is 0 Å². The number of rotatable bonds is 13. The molecule has 10 aromatic rings. The molecular formula is C63H77BrClN14NaO9. The Bertz CT molecular complexity index is 3780. The topological polar surface area (TPSA) is 332 Å². The fourth-order valence-corrected chi connectivity index (χ4v) is 8.19. The van der Waals surface area contributed by atoms with Crippen LogP contribution in [0, 0.1) is 27.7 Å². The number of nitrogens with two attached hydrogens (primary N) is 2. The summed E-state index contributed by atoms with van der Waals surface area (Å²) >= 11 is 9.05. The first-order valence-corrected chi connectivity index (χ1v) is 27.3. The van der Waals surface area contributed by atoms with E-state index in [0.717, 1.165) is 61.6 Å². The summed E-state index contributed by atoms with van der Waals surface area (Å²) in [5.74, 6) is 2.51. The SMILES string of the molecule is C.C.C.CC(=O)Nc1ccc(=O)n(Cc2ccccc2)n1.CC(N)=O.Cc1noc(C)c1CBr.Cc1noc(C)c1CNc1ccc(=O)n(Cc2ccccc2)n1.Nc1ccc(=O)n(Cc2ccccc2)n1.O=c1ccc(Cl)nn1Cc1ccccc1.[Na+].[OH-]. The van der Waals surface area contributed by atoms with Gasteiger partial charge in [0.1, 0.15) is 28.3 Å². The van der Waals surface area contributed by atoms with E-state index in [4.69, 9.17) is 26.4 Å². The molecule has 89 heavy (non-hydrogen) atoms. The number of hydrogen-bond acceptors (Lipinski definition) is 17. The molecule has 6 heterocycles. The Hall–Kier alpha value is -8.91. The molecule has 0 fully saturated rings. The summed E-state index contributed by atoms with van der Waals surface area (Å²) in [5, 5.41) is 31.0. The molecular weight excluding hydrogens is 1240 g/mol. The molecule has 7 N–H and O–H groups in total. The van der Waals surface area contributed by atoms with Gasteiger partial charge in [-0.1, -0.05) is 181 Å². The minimum Gasteiger partial charge on any atom is -0.870 e. The van der Waals surface area contributed by atoms with E-state index in [1.807, 2.05) is 149 Å². The molecule has 0 atom stereocenters. The summed E-state index contributed by atoms with van der Waals surface area (Å²) in [4.78, 5) is 66.6. The first-order chi connectivity index (χ1) is 40.3. The molecule has 468 valence electrons. The van der Waals surface area contributed by atoms with Gasteiger partial charge in [-0.2, -0.15) is 20.4 Å². The third-order valence-corrected chi connectivity index (χ3v) is 12.2. The number of nitrogens with zero attached hydrogens (tertiary/aromatic N) is 10. The number of nitrogens with one attached hydrogen (secondary N) is 2. The Morgan fingerprint density at radius 1 is 0.506 bits per heavy atom. The second kappa shape index (κ2) is 42.1. The number of aryl methyl sites for hydroxylation is 4. The zero-order chi connectivity index (χ0) is 61.0. The van der Waals surface area contributed by atoms with Crippen LogP contribution in [0.4, 0.5) is 17.5 Å². The fourth-order valence-electron chi connectivity index (χ4n) is 7.23. The van der Waals surface area contributed by atoms with Crippen LogP contribution in [0.15, 0.2) is 198 Å². The average Bonchev–Trinajstić information content (AvgIpc) is 2.56. The first kappa shape index (κ1) is 80.1. The Kier molecular flexibility index (Phi) is 37.8. The minimum atomic E-state index is -0.333. The van der Waals surface area contributed by atoms with Crippen molar-refractivity contribution in [3.63, 3.8) is 0 Å². The number of aromatic nitrogens is 10. The second-order valence-corrected chi connectivity index (χ2v) is 19.1. The summed E-state index contributed by atoms with van der Waals surface area (Å²) in [6.07, 6.45) is 0. The molecule has 2 amide bonds. The molecule has 0 saturated heterocycles. The van der Waals surface area contributed by atoms with Gasteiger partial charge in [-0.3, -0.25) is 28.8 Å². The molecule has 0 aliphatic rings. The molecule has 0 spiro atoms. The summed E-state index contributed by atoms with van der Waals surface area (Å²) in [6.45, 7) is 12.6. The van der Waals surface area contributed by atoms with Gasteiger partial charge < -0.3 is 36.6 Å². The van der Waals surface area contributed by atoms with Gasteiger partial charge >= 0.3 is 29.6 Å². The number of primary amides is 1. The molecule has 0 unspecified atom stereocenters. The van der Waals surface area contributed by atoms with Crippen molar-refractivity contribution in [2.24, 2.45) is 5.73 Å². The predicted octanol–water partition coefficient (Wildman–Crippen LogP) is 6.99. The number of halogens is 2. The fraction of sp³-hybridized carbons (Fsp3) is 0.238. The molecule has 23 nitrogen and oxygen atoms in total. The van der Waals surface area contributed by atoms with Crippen LogP contribution in [0.25, 0.3) is 0 Å². The van der Waals surface area contributed by atoms with Crippen LogP contribution in [0.2, 0.25) is 5.15 Å². The van der Waals surface area contributed by atoms with E-state index in [-0.39, 0.29) is 91.4 Å². The molecule has 0 saturated carbocycles. The predicted molar refractivity (Wildman–Crippen MR) is 349 cm³/mol. The molecule has 0 aliphatic carbocycles. The minimum absolute atomic E-state index is 0. The van der Waals surface area contributed by atoms with Crippen molar-refractivity contribution >= 4 is 56.8 Å². The van der Waals surface area contributed by atoms with Gasteiger partial charge in [0.05, 0.1) is 37.6 Å². The van der Waals surface area contributed by atoms with Crippen molar-refractivity contribution in [2.75, 3.05) is 16.4 Å². The first-order valence-electron chi connectivity index (χ1n) is 25.8. The maximum Gasteiger partial charge on any atom is 1.00 e. The van der Waals surface area contributed by atoms with Crippen molar-refractivity contribution in [1.29, 1.82) is 0 Å². The molecule has 0 radical (unpaired) electrons. The Morgan fingerprint density at radius 3 is 1.18 bits per heavy atom. The van der Waals surface area contributed by atoms with Gasteiger partial charge in [0.2, 0.25) is 11.8 Å². The van der Waals surface area contributed by atoms with Gasteiger partial charge in [-0.25, -0.2) is 18.7 Å². The van der Waals surface area contributed by atoms with Crippen LogP contribution in [-0.2, 0) is 47.6 Å². The van der Waals surface area contributed by atoms with Crippen molar-refractivity contribution in [3.05, 3.63) is 273 Å². The zero-order valence-corrected chi connectivity index (χ0v) is 52.8. The van der Waals surface area contributed by atoms with Gasteiger partial charge in [-0.05, 0) is 74.2 Å². The zero-order valence-electron chi connectivity index (χ0n) is 48.5. The largest absolute Gasteiger partial charge is 1.00 e. The molecule has 4 aromatic carbocycles. The molecule has 0 bridgehead atoms. The Morgan fingerprint density at radius 2 is 0.831 bits per heavy atom. The smallest absolute Gasteiger partial charge is 0.870 e. The average molecular weight is 1310 g/mol. The molecule has 10 rings (SSSR count). The molecule has 6 aromatic heterocycles. The van der Waals surface area contributed by atoms with Crippen molar-refractivity contribution in [1.82, 2.24) is 49.4 Å². The van der Waals surface area contributed by atoms with Gasteiger partial charge in [0.25, 0.3) is 22.2 Å². The van der Waals surface area contributed by atoms with Gasteiger partial charge in [0.15, 0.2) is 5.82 Å². The van der Waals surface area contributed by atoms with Crippen LogP contribution in [-0.4, -0.2) is 66.7 Å². The van der Waals surface area contributed by atoms with Crippen LogP contribution in [0.1, 0.15) is 92.4 Å². The molecule has 26 heteroatoms. The Balaban J connectivity index is 0.00000108. The molecule has 0 aliphatic heterocycles. The number of carbonyl (C=O) groups excluding carboxylic acids is 2. The third-order valence-electron chi connectivity index (χ3n) is 11.4. The number of amides is 2. The number of hydrogen-bond donors (Lipinski definition) is 4. The summed E-state index contributed by atoms with van der Waals surface area (Å²) in [7, 11) is 0. The standard InChI is InChI=1S/C17H18N4O2.C13H13N3O2.C11H9ClN2O.C11H11N3O.C6H8BrNO.C2H5NO.3CH4.Na.H2O/c1-12-15(13(2)23-20-12)10-18-16-8-9-17(22)21(19-16)11-14-6-4-3-5-7-14;1-10(17)14-12-7-8-13(18)16(15-12)9-11-5-3-2-4-6-11;2*12-10-6-7-11(15)14(13-10)8-9-4-2-1-3-5-9;1-4-6(3-7)5(2)9-8-4;1-2(3)4;;;;;/h3-9H,10-11H2,1-2H3,(H,18,19);2-8H,9H2,1H3,(H,14,15,17);1-7H,8H2;1-7H,8H2,(H2,12,13);3H2,1-2H3;1H3,(H2,3,4);3*1H4;;1H2/q;;;;;;;;;+1;/p-1. The van der Waals surface area contributed by atoms with E-state index in [2.05, 4.69) is 63.0 Å². The van der Waals surface area contributed by atoms with Gasteiger partial charge in [0, 0.05) is 61.1 Å². The van der Waals surface area contributed by atoms with E-state index in [1.54, 1.807) is 6.07 Å². The summed E-state index contributed by atoms with van der Waals surface area (Å²) < 4.78 is 15.5. The van der Waals surface area contributed by atoms with Crippen molar-refractivity contribution in [3.8, 4) is 0 Å². The van der Waals surface area contributed by atoms with E-state index in [1.165, 1.54) is 75.0 Å². The van der Waals surface area contributed by atoms with Crippen molar-refractivity contribution in [2.45, 2.75) is 102 Å². The van der Waals surface area contributed by atoms with Gasteiger partial charge in [-0.15, -0.1) is 0 Å². The van der Waals surface area contributed by atoms with E-state index in [0.29, 0.717) is 55.3 Å². The quantitative estimate of drug-likeness (QED) is 0.0667. The van der Waals surface area contributed by atoms with Crippen molar-refractivity contribution < 1.29 is 53.7 Å². The number of anilines is 3. The van der Waals surface area contributed by atoms with Crippen LogP contribution < -0.4 is 73.9 Å². The second-order valence-electron chi connectivity index (χ2n) is 18.2. The summed E-state index contributed by atoms with van der Waals surface area (Å²) in [5.41, 5.74) is 17.4. The summed E-state index contributed by atoms with van der Waals surface area (Å²) in [6, 6.07) is 50.5. The third kappa shape index (κ3) is 28.6. The van der Waals surface area contributed by atoms with Crippen LogP contribution in [0.3, 0.4) is 0 Å².